The monoisotopic (exact) mass is 332 g/mol. The first kappa shape index (κ1) is 13.4. The van der Waals surface area contributed by atoms with Crippen molar-refractivity contribution in [3.8, 4) is 0 Å². The molecular formula is C16H17BrN2O. The average Bonchev–Trinajstić information content (AvgIpc) is 2.81. The Kier molecular flexibility index (Phi) is 3.66. The Hall–Kier alpha value is -1.55. The molecule has 3 rings (SSSR count). The van der Waals surface area contributed by atoms with Gasteiger partial charge in [0.2, 0.25) is 0 Å². The summed E-state index contributed by atoms with van der Waals surface area (Å²) < 4.78 is 3.15. The number of benzene rings is 1. The second-order valence-electron chi connectivity index (χ2n) is 5.30. The molecule has 104 valence electrons. The molecular weight excluding hydrogens is 316 g/mol. The van der Waals surface area contributed by atoms with Gasteiger partial charge in [-0.1, -0.05) is 15.9 Å². The van der Waals surface area contributed by atoms with E-state index in [1.807, 2.05) is 43.5 Å². The van der Waals surface area contributed by atoms with Gasteiger partial charge in [-0.05, 0) is 62.1 Å². The largest absolute Gasteiger partial charge is 0.340 e. The van der Waals surface area contributed by atoms with E-state index in [0.717, 1.165) is 21.4 Å². The number of hydrogen-bond acceptors (Lipinski definition) is 1. The lowest BCUT2D eigenvalue weighted by molar-refractivity contribution is 0.101. The molecule has 0 aliphatic heterocycles. The first-order valence-electron chi connectivity index (χ1n) is 6.89. The number of rotatable bonds is 3. The highest BCUT2D eigenvalue weighted by atomic mass is 79.9. The van der Waals surface area contributed by atoms with Crippen LogP contribution in [0.2, 0.25) is 0 Å². The number of carbonyl (C=O) groups excluding carboxylic acids is 1. The molecule has 4 heteroatoms. The van der Waals surface area contributed by atoms with E-state index in [-0.39, 0.29) is 5.91 Å². The van der Waals surface area contributed by atoms with Crippen LogP contribution in [0.15, 0.2) is 41.0 Å². The van der Waals surface area contributed by atoms with Gasteiger partial charge < -0.3 is 9.88 Å². The third kappa shape index (κ3) is 2.52. The van der Waals surface area contributed by atoms with Crippen LogP contribution < -0.4 is 5.32 Å². The SMILES string of the molecule is Cc1cc(NC(=O)c2cccn2C2CCC2)ccc1Br. The number of aryl methyl sites for hydroxylation is 1. The summed E-state index contributed by atoms with van der Waals surface area (Å²) in [6.45, 7) is 2.01. The fourth-order valence-corrected chi connectivity index (χ4v) is 2.73. The normalized spacial score (nSPS) is 14.9. The lowest BCUT2D eigenvalue weighted by atomic mass is 9.93. The van der Waals surface area contributed by atoms with E-state index in [4.69, 9.17) is 0 Å². The maximum Gasteiger partial charge on any atom is 0.272 e. The van der Waals surface area contributed by atoms with Gasteiger partial charge in [-0.2, -0.15) is 0 Å². The molecule has 0 spiro atoms. The van der Waals surface area contributed by atoms with Gasteiger partial charge in [0.1, 0.15) is 5.69 Å². The minimum atomic E-state index is -0.0383. The fourth-order valence-electron chi connectivity index (χ4n) is 2.49. The van der Waals surface area contributed by atoms with Crippen molar-refractivity contribution >= 4 is 27.5 Å². The smallest absolute Gasteiger partial charge is 0.272 e. The highest BCUT2D eigenvalue weighted by Crippen LogP contribution is 2.33. The molecule has 1 heterocycles. The van der Waals surface area contributed by atoms with Crippen molar-refractivity contribution in [1.82, 2.24) is 4.57 Å². The summed E-state index contributed by atoms with van der Waals surface area (Å²) >= 11 is 3.47. The van der Waals surface area contributed by atoms with Gasteiger partial charge in [-0.15, -0.1) is 0 Å². The Morgan fingerprint density at radius 3 is 2.80 bits per heavy atom. The van der Waals surface area contributed by atoms with Gasteiger partial charge in [-0.3, -0.25) is 4.79 Å². The summed E-state index contributed by atoms with van der Waals surface area (Å²) in [4.78, 5) is 12.4. The number of nitrogens with one attached hydrogen (secondary N) is 1. The summed E-state index contributed by atoms with van der Waals surface area (Å²) in [6.07, 6.45) is 5.61. The maximum absolute atomic E-state index is 12.4. The standard InChI is InChI=1S/C16H17BrN2O/c1-11-10-12(7-8-14(11)17)18-16(20)15-6-3-9-19(15)13-4-2-5-13/h3,6-10,13H,2,4-5H2,1H3,(H,18,20). The molecule has 1 aromatic carbocycles. The zero-order chi connectivity index (χ0) is 14.1. The summed E-state index contributed by atoms with van der Waals surface area (Å²) in [5.41, 5.74) is 2.68. The first-order valence-corrected chi connectivity index (χ1v) is 7.69. The van der Waals surface area contributed by atoms with E-state index in [2.05, 4.69) is 25.8 Å². The molecule has 0 atom stereocenters. The quantitative estimate of drug-likeness (QED) is 0.879. The zero-order valence-electron chi connectivity index (χ0n) is 11.4. The van der Waals surface area contributed by atoms with Crippen LogP contribution >= 0.6 is 15.9 Å². The first-order chi connectivity index (χ1) is 9.65. The number of hydrogen-bond donors (Lipinski definition) is 1. The minimum absolute atomic E-state index is 0.0383. The van der Waals surface area contributed by atoms with Crippen LogP contribution in [0.3, 0.4) is 0 Å². The number of carbonyl (C=O) groups is 1. The molecule has 2 aromatic rings. The van der Waals surface area contributed by atoms with Crippen molar-refractivity contribution in [3.05, 3.63) is 52.3 Å². The van der Waals surface area contributed by atoms with Crippen molar-refractivity contribution in [3.63, 3.8) is 0 Å². The summed E-state index contributed by atoms with van der Waals surface area (Å²) in [5.74, 6) is -0.0383. The Labute approximate surface area is 127 Å². The van der Waals surface area contributed by atoms with E-state index in [1.165, 1.54) is 19.3 Å². The minimum Gasteiger partial charge on any atom is -0.340 e. The van der Waals surface area contributed by atoms with Crippen molar-refractivity contribution < 1.29 is 4.79 Å². The Bertz CT molecular complexity index is 644. The molecule has 3 nitrogen and oxygen atoms in total. The van der Waals surface area contributed by atoms with E-state index >= 15 is 0 Å². The molecule has 0 radical (unpaired) electrons. The van der Waals surface area contributed by atoms with Crippen LogP contribution in [0.4, 0.5) is 5.69 Å². The van der Waals surface area contributed by atoms with E-state index < -0.39 is 0 Å². The predicted octanol–water partition coefficient (Wildman–Crippen LogP) is 4.54. The Morgan fingerprint density at radius 2 is 2.15 bits per heavy atom. The molecule has 0 unspecified atom stereocenters. The molecule has 20 heavy (non-hydrogen) atoms. The fraction of sp³-hybridized carbons (Fsp3) is 0.312. The number of halogens is 1. The van der Waals surface area contributed by atoms with Crippen molar-refractivity contribution in [2.24, 2.45) is 0 Å². The van der Waals surface area contributed by atoms with Crippen molar-refractivity contribution in [2.75, 3.05) is 5.32 Å². The molecule has 1 amide bonds. The van der Waals surface area contributed by atoms with Gasteiger partial charge in [0, 0.05) is 22.4 Å². The maximum atomic E-state index is 12.4. The lowest BCUT2D eigenvalue weighted by Gasteiger charge is -2.28. The number of nitrogens with zero attached hydrogens (tertiary/aromatic N) is 1. The van der Waals surface area contributed by atoms with E-state index in [1.54, 1.807) is 0 Å². The number of aromatic nitrogens is 1. The predicted molar refractivity (Wildman–Crippen MR) is 84.2 cm³/mol. The highest BCUT2D eigenvalue weighted by Gasteiger charge is 2.23. The number of anilines is 1. The topological polar surface area (TPSA) is 34.0 Å². The van der Waals surface area contributed by atoms with Crippen molar-refractivity contribution in [2.45, 2.75) is 32.2 Å². The third-order valence-electron chi connectivity index (χ3n) is 3.90. The Morgan fingerprint density at radius 1 is 1.35 bits per heavy atom. The van der Waals surface area contributed by atoms with Gasteiger partial charge in [0.15, 0.2) is 0 Å². The summed E-state index contributed by atoms with van der Waals surface area (Å²) in [6, 6.07) is 10.2. The second kappa shape index (κ2) is 5.44. The average molecular weight is 333 g/mol. The van der Waals surface area contributed by atoms with Crippen LogP contribution in [0.5, 0.6) is 0 Å². The molecule has 1 aliphatic rings. The number of amides is 1. The highest BCUT2D eigenvalue weighted by molar-refractivity contribution is 9.10. The second-order valence-corrected chi connectivity index (χ2v) is 6.16. The van der Waals surface area contributed by atoms with Crippen LogP contribution in [-0.2, 0) is 0 Å². The van der Waals surface area contributed by atoms with Crippen LogP contribution in [0.25, 0.3) is 0 Å². The summed E-state index contributed by atoms with van der Waals surface area (Å²) in [7, 11) is 0. The molecule has 0 bridgehead atoms. The van der Waals surface area contributed by atoms with E-state index in [9.17, 15) is 4.79 Å². The molecule has 1 fully saturated rings. The molecule has 1 saturated carbocycles. The molecule has 0 saturated heterocycles. The zero-order valence-corrected chi connectivity index (χ0v) is 13.0. The van der Waals surface area contributed by atoms with Crippen molar-refractivity contribution in [1.29, 1.82) is 0 Å². The van der Waals surface area contributed by atoms with Gasteiger partial charge >= 0.3 is 0 Å². The summed E-state index contributed by atoms with van der Waals surface area (Å²) in [5, 5.41) is 2.98. The molecule has 1 N–H and O–H groups in total. The van der Waals surface area contributed by atoms with Gasteiger partial charge in [0.25, 0.3) is 5.91 Å². The van der Waals surface area contributed by atoms with E-state index in [0.29, 0.717) is 6.04 Å². The van der Waals surface area contributed by atoms with Gasteiger partial charge in [0.05, 0.1) is 0 Å². The molecule has 1 aromatic heterocycles. The van der Waals surface area contributed by atoms with Gasteiger partial charge in [-0.25, -0.2) is 0 Å². The third-order valence-corrected chi connectivity index (χ3v) is 4.79. The lowest BCUT2D eigenvalue weighted by Crippen LogP contribution is -2.23. The Balaban J connectivity index is 1.79. The molecule has 1 aliphatic carbocycles. The van der Waals surface area contributed by atoms with Crippen LogP contribution in [0, 0.1) is 6.92 Å². The van der Waals surface area contributed by atoms with Crippen LogP contribution in [0.1, 0.15) is 41.4 Å². The van der Waals surface area contributed by atoms with Crippen LogP contribution in [-0.4, -0.2) is 10.5 Å².